The topological polar surface area (TPSA) is 69.0 Å². The summed E-state index contributed by atoms with van der Waals surface area (Å²) in [6.45, 7) is 3.30. The predicted octanol–water partition coefficient (Wildman–Crippen LogP) is 2.03. The maximum absolute atomic E-state index is 12.3. The molecule has 0 aliphatic carbocycles. The third-order valence-electron chi connectivity index (χ3n) is 2.66. The smallest absolute Gasteiger partial charge is 0.282 e. The number of benzene rings is 1. The molecule has 0 unspecified atom stereocenters. The van der Waals surface area contributed by atoms with E-state index in [2.05, 4.69) is 5.10 Å². The number of allylic oxidation sites excluding steroid dienone is 1. The molecule has 0 aliphatic heterocycles. The van der Waals surface area contributed by atoms with Gasteiger partial charge in [-0.25, -0.2) is 0 Å². The normalized spacial score (nSPS) is 11.9. The highest BCUT2D eigenvalue weighted by molar-refractivity contribution is 7.89. The zero-order valence-electron chi connectivity index (χ0n) is 11.1. The largest absolute Gasteiger partial charge is 0.295 e. The molecule has 104 valence electrons. The minimum Gasteiger partial charge on any atom is -0.295 e. The van der Waals surface area contributed by atoms with Crippen molar-refractivity contribution in [3.63, 3.8) is 0 Å². The average Bonchev–Trinajstić information content (AvgIpc) is 2.86. The molecule has 0 bridgehead atoms. The van der Waals surface area contributed by atoms with Crippen LogP contribution in [-0.4, -0.2) is 23.4 Å². The Bertz CT molecular complexity index is 756. The Hall–Kier alpha value is -2.21. The van der Waals surface area contributed by atoms with Crippen molar-refractivity contribution in [2.24, 2.45) is 0 Å². The summed E-state index contributed by atoms with van der Waals surface area (Å²) in [4.78, 5) is 11.0. The zero-order valence-corrected chi connectivity index (χ0v) is 12.0. The van der Waals surface area contributed by atoms with Crippen LogP contribution in [-0.2, 0) is 14.8 Å². The summed E-state index contributed by atoms with van der Waals surface area (Å²) in [5, 5.41) is 3.83. The van der Waals surface area contributed by atoms with Crippen molar-refractivity contribution in [2.75, 3.05) is 0 Å². The Morgan fingerprint density at radius 2 is 1.90 bits per heavy atom. The number of rotatable bonds is 4. The molecule has 6 heteroatoms. The van der Waals surface area contributed by atoms with Gasteiger partial charge in [-0.15, -0.1) is 0 Å². The molecule has 0 aliphatic rings. The number of ketones is 1. The summed E-state index contributed by atoms with van der Waals surface area (Å²) in [6.07, 6.45) is 5.65. The molecule has 0 spiro atoms. The lowest BCUT2D eigenvalue weighted by atomic mass is 10.2. The molecule has 1 heterocycles. The zero-order chi connectivity index (χ0) is 14.8. The predicted molar refractivity (Wildman–Crippen MR) is 75.7 cm³/mol. The van der Waals surface area contributed by atoms with Gasteiger partial charge in [0, 0.05) is 5.56 Å². The molecule has 0 fully saturated rings. The first-order valence-electron chi connectivity index (χ1n) is 5.95. The van der Waals surface area contributed by atoms with Crippen LogP contribution in [0.1, 0.15) is 18.1 Å². The van der Waals surface area contributed by atoms with E-state index < -0.39 is 10.0 Å². The molecule has 2 rings (SSSR count). The van der Waals surface area contributed by atoms with Crippen LogP contribution < -0.4 is 0 Å². The van der Waals surface area contributed by atoms with Gasteiger partial charge in [0.25, 0.3) is 10.0 Å². The van der Waals surface area contributed by atoms with Crippen molar-refractivity contribution in [3.05, 3.63) is 53.9 Å². The van der Waals surface area contributed by atoms with Gasteiger partial charge in [-0.2, -0.15) is 17.6 Å². The summed E-state index contributed by atoms with van der Waals surface area (Å²) in [6, 6.07) is 6.54. The van der Waals surface area contributed by atoms with E-state index in [4.69, 9.17) is 0 Å². The van der Waals surface area contributed by atoms with Crippen LogP contribution >= 0.6 is 0 Å². The Labute approximate surface area is 117 Å². The van der Waals surface area contributed by atoms with Gasteiger partial charge in [0.2, 0.25) is 0 Å². The maximum atomic E-state index is 12.3. The number of hydrogen-bond acceptors (Lipinski definition) is 4. The lowest BCUT2D eigenvalue weighted by Crippen LogP contribution is -2.13. The summed E-state index contributed by atoms with van der Waals surface area (Å²) in [5.41, 5.74) is 1.53. The first-order valence-corrected chi connectivity index (χ1v) is 7.39. The molecular formula is C14H14N2O3S. The third kappa shape index (κ3) is 3.03. The average molecular weight is 290 g/mol. The molecule has 0 N–H and O–H groups in total. The summed E-state index contributed by atoms with van der Waals surface area (Å²) in [5.74, 6) is -0.112. The number of hydrogen-bond donors (Lipinski definition) is 0. The number of nitrogens with zero attached hydrogens (tertiary/aromatic N) is 2. The van der Waals surface area contributed by atoms with E-state index in [1.165, 1.54) is 43.6 Å². The van der Waals surface area contributed by atoms with E-state index in [1.54, 1.807) is 12.1 Å². The highest BCUT2D eigenvalue weighted by Crippen LogP contribution is 2.14. The SMILES string of the molecule is CC(=O)/C=C/c1cnn(S(=O)(=O)c2ccc(C)cc2)c1. The van der Waals surface area contributed by atoms with Gasteiger partial charge in [-0.1, -0.05) is 17.7 Å². The minimum atomic E-state index is -3.69. The standard InChI is InChI=1S/C14H14N2O3S/c1-11-3-7-14(8-4-11)20(18,19)16-10-13(9-15-16)6-5-12(2)17/h3-10H,1-2H3/b6-5+. The first-order chi connectivity index (χ1) is 9.39. The number of aromatic nitrogens is 2. The second-order valence-corrected chi connectivity index (χ2v) is 6.20. The van der Waals surface area contributed by atoms with Crippen molar-refractivity contribution >= 4 is 21.9 Å². The molecule has 5 nitrogen and oxygen atoms in total. The monoisotopic (exact) mass is 290 g/mol. The van der Waals surface area contributed by atoms with Crippen LogP contribution in [0.4, 0.5) is 0 Å². The molecule has 1 aromatic heterocycles. The Kier molecular flexibility index (Phi) is 3.85. The van der Waals surface area contributed by atoms with E-state index in [0.29, 0.717) is 5.56 Å². The van der Waals surface area contributed by atoms with Crippen molar-refractivity contribution in [1.29, 1.82) is 0 Å². The van der Waals surface area contributed by atoms with Crippen molar-refractivity contribution in [2.45, 2.75) is 18.7 Å². The molecule has 1 aromatic carbocycles. The third-order valence-corrected chi connectivity index (χ3v) is 4.22. The molecule has 0 radical (unpaired) electrons. The van der Waals surface area contributed by atoms with Crippen molar-refractivity contribution in [3.8, 4) is 0 Å². The second kappa shape index (κ2) is 5.42. The van der Waals surface area contributed by atoms with E-state index >= 15 is 0 Å². The van der Waals surface area contributed by atoms with E-state index in [1.807, 2.05) is 6.92 Å². The second-order valence-electron chi connectivity index (χ2n) is 4.41. The van der Waals surface area contributed by atoms with E-state index in [0.717, 1.165) is 9.65 Å². The van der Waals surface area contributed by atoms with Gasteiger partial charge in [-0.3, -0.25) is 4.79 Å². The van der Waals surface area contributed by atoms with Gasteiger partial charge in [-0.05, 0) is 38.1 Å². The molecular weight excluding hydrogens is 276 g/mol. The number of aryl methyl sites for hydroxylation is 1. The van der Waals surface area contributed by atoms with Crippen LogP contribution in [0.25, 0.3) is 6.08 Å². The fourth-order valence-electron chi connectivity index (χ4n) is 1.57. The molecule has 20 heavy (non-hydrogen) atoms. The van der Waals surface area contributed by atoms with Gasteiger partial charge in [0.05, 0.1) is 17.3 Å². The summed E-state index contributed by atoms with van der Waals surface area (Å²) < 4.78 is 25.5. The lowest BCUT2D eigenvalue weighted by Gasteiger charge is -2.04. The first kappa shape index (κ1) is 14.2. The van der Waals surface area contributed by atoms with E-state index in [9.17, 15) is 13.2 Å². The van der Waals surface area contributed by atoms with Crippen LogP contribution in [0.15, 0.2) is 47.6 Å². The lowest BCUT2D eigenvalue weighted by molar-refractivity contribution is -0.112. The molecule has 0 atom stereocenters. The highest BCUT2D eigenvalue weighted by Gasteiger charge is 2.17. The number of carbonyl (C=O) groups excluding carboxylic acids is 1. The fraction of sp³-hybridized carbons (Fsp3) is 0.143. The summed E-state index contributed by atoms with van der Waals surface area (Å²) in [7, 11) is -3.69. The Balaban J connectivity index is 2.35. The maximum Gasteiger partial charge on any atom is 0.282 e. The quantitative estimate of drug-likeness (QED) is 0.808. The molecule has 0 saturated carbocycles. The Morgan fingerprint density at radius 3 is 2.50 bits per heavy atom. The van der Waals surface area contributed by atoms with Gasteiger partial charge >= 0.3 is 0 Å². The highest BCUT2D eigenvalue weighted by atomic mass is 32.2. The van der Waals surface area contributed by atoms with Crippen molar-refractivity contribution in [1.82, 2.24) is 9.19 Å². The van der Waals surface area contributed by atoms with Crippen LogP contribution in [0.3, 0.4) is 0 Å². The van der Waals surface area contributed by atoms with Crippen molar-refractivity contribution < 1.29 is 13.2 Å². The van der Waals surface area contributed by atoms with E-state index in [-0.39, 0.29) is 10.7 Å². The van der Waals surface area contributed by atoms with Gasteiger partial charge in [0.1, 0.15) is 0 Å². The number of carbonyl (C=O) groups is 1. The molecule has 0 saturated heterocycles. The van der Waals surface area contributed by atoms with Crippen LogP contribution in [0.2, 0.25) is 0 Å². The van der Waals surface area contributed by atoms with Gasteiger partial charge in [0.15, 0.2) is 5.78 Å². The molecule has 2 aromatic rings. The molecule has 0 amide bonds. The fourth-order valence-corrected chi connectivity index (χ4v) is 2.69. The summed E-state index contributed by atoms with van der Waals surface area (Å²) >= 11 is 0. The van der Waals surface area contributed by atoms with Crippen LogP contribution in [0, 0.1) is 6.92 Å². The van der Waals surface area contributed by atoms with Gasteiger partial charge < -0.3 is 0 Å². The Morgan fingerprint density at radius 1 is 1.25 bits per heavy atom. The van der Waals surface area contributed by atoms with Crippen LogP contribution in [0.5, 0.6) is 0 Å². The minimum absolute atomic E-state index is 0.112.